The van der Waals surface area contributed by atoms with Crippen molar-refractivity contribution in [3.8, 4) is 39.8 Å². The Labute approximate surface area is 177 Å². The molecule has 0 saturated carbocycles. The third-order valence-electron chi connectivity index (χ3n) is 5.05. The predicted molar refractivity (Wildman–Crippen MR) is 121 cm³/mol. The van der Waals surface area contributed by atoms with Crippen molar-refractivity contribution in [3.63, 3.8) is 0 Å². The number of rotatable bonds is 7. The number of hydrogen-bond acceptors (Lipinski definition) is 4. The van der Waals surface area contributed by atoms with E-state index in [2.05, 4.69) is 52.8 Å². The van der Waals surface area contributed by atoms with Crippen LogP contribution >= 0.6 is 0 Å². The molecule has 5 heteroatoms. The Balaban J connectivity index is 1.95. The Morgan fingerprint density at radius 1 is 0.833 bits per heavy atom. The summed E-state index contributed by atoms with van der Waals surface area (Å²) in [5.74, 6) is 0.820. The first kappa shape index (κ1) is 19.9. The molecule has 2 aromatic heterocycles. The van der Waals surface area contributed by atoms with E-state index in [1.807, 2.05) is 36.4 Å². The third kappa shape index (κ3) is 4.11. The molecule has 1 N–H and O–H groups in total. The molecule has 0 amide bonds. The summed E-state index contributed by atoms with van der Waals surface area (Å²) in [4.78, 5) is 11.6. The lowest BCUT2D eigenvalue weighted by molar-refractivity contribution is 0.387. The van der Waals surface area contributed by atoms with Crippen molar-refractivity contribution in [2.75, 3.05) is 20.6 Å². The number of aromatic hydroxyl groups is 1. The van der Waals surface area contributed by atoms with Crippen molar-refractivity contribution >= 4 is 0 Å². The van der Waals surface area contributed by atoms with Crippen LogP contribution in [0.3, 0.4) is 0 Å². The van der Waals surface area contributed by atoms with Gasteiger partial charge in [0.15, 0.2) is 5.82 Å². The molecule has 0 atom stereocenters. The van der Waals surface area contributed by atoms with Gasteiger partial charge in [-0.25, -0.2) is 9.97 Å². The summed E-state index contributed by atoms with van der Waals surface area (Å²) in [7, 11) is 4.15. The fraction of sp³-hybridized carbons (Fsp3) is 0.200. The molecule has 30 heavy (non-hydrogen) atoms. The van der Waals surface area contributed by atoms with Crippen molar-refractivity contribution in [3.05, 3.63) is 79.0 Å². The number of imidazole rings is 1. The van der Waals surface area contributed by atoms with Gasteiger partial charge in [0.2, 0.25) is 0 Å². The monoisotopic (exact) mass is 398 g/mol. The van der Waals surface area contributed by atoms with Crippen LogP contribution in [0.25, 0.3) is 34.0 Å². The van der Waals surface area contributed by atoms with E-state index < -0.39 is 0 Å². The smallest absolute Gasteiger partial charge is 0.163 e. The van der Waals surface area contributed by atoms with Gasteiger partial charge in [-0.1, -0.05) is 60.7 Å². The van der Waals surface area contributed by atoms with Gasteiger partial charge in [-0.15, -0.1) is 0 Å². The third-order valence-corrected chi connectivity index (χ3v) is 5.05. The van der Waals surface area contributed by atoms with Gasteiger partial charge in [-0.05, 0) is 39.2 Å². The molecule has 0 spiro atoms. The summed E-state index contributed by atoms with van der Waals surface area (Å²) >= 11 is 0. The molecule has 152 valence electrons. The molecule has 0 aliphatic carbocycles. The van der Waals surface area contributed by atoms with Crippen LogP contribution in [0.5, 0.6) is 5.75 Å². The van der Waals surface area contributed by atoms with E-state index >= 15 is 0 Å². The summed E-state index contributed by atoms with van der Waals surface area (Å²) in [6.45, 7) is 1.73. The topological polar surface area (TPSA) is 54.2 Å². The minimum absolute atomic E-state index is 0.135. The number of aromatic nitrogens is 3. The van der Waals surface area contributed by atoms with Crippen LogP contribution < -0.4 is 0 Å². The summed E-state index contributed by atoms with van der Waals surface area (Å²) in [6.07, 6.45) is 2.65. The molecule has 0 aliphatic rings. The number of nitrogens with zero attached hydrogens (tertiary/aromatic N) is 4. The molecule has 0 fully saturated rings. The van der Waals surface area contributed by atoms with E-state index in [9.17, 15) is 5.11 Å². The molecule has 4 rings (SSSR count). The summed E-state index contributed by atoms with van der Waals surface area (Å²) < 4.78 is 2.20. The molecule has 4 aromatic rings. The predicted octanol–water partition coefficient (Wildman–Crippen LogP) is 4.94. The summed E-state index contributed by atoms with van der Waals surface area (Å²) in [6, 6.07) is 23.9. The maximum Gasteiger partial charge on any atom is 0.163 e. The molecule has 0 saturated heterocycles. The average molecular weight is 399 g/mol. The van der Waals surface area contributed by atoms with Crippen LogP contribution in [0.15, 0.2) is 79.0 Å². The van der Waals surface area contributed by atoms with Gasteiger partial charge in [0, 0.05) is 23.9 Å². The highest BCUT2D eigenvalue weighted by Crippen LogP contribution is 2.37. The van der Waals surface area contributed by atoms with E-state index in [0.29, 0.717) is 11.5 Å². The highest BCUT2D eigenvalue weighted by molar-refractivity contribution is 5.82. The molecular formula is C25H26N4O. The van der Waals surface area contributed by atoms with E-state index in [1.165, 1.54) is 0 Å². The van der Waals surface area contributed by atoms with Crippen LogP contribution in [-0.2, 0) is 6.54 Å². The Morgan fingerprint density at radius 3 is 2.13 bits per heavy atom. The first-order valence-electron chi connectivity index (χ1n) is 10.2. The zero-order chi connectivity index (χ0) is 20.9. The molecule has 0 aliphatic heterocycles. The van der Waals surface area contributed by atoms with Gasteiger partial charge in [-0.3, -0.25) is 0 Å². The number of hydrogen-bond donors (Lipinski definition) is 1. The maximum absolute atomic E-state index is 10.5. The second-order valence-electron chi connectivity index (χ2n) is 7.54. The van der Waals surface area contributed by atoms with Crippen molar-refractivity contribution in [2.24, 2.45) is 0 Å². The van der Waals surface area contributed by atoms with Gasteiger partial charge in [0.1, 0.15) is 11.4 Å². The lowest BCUT2D eigenvalue weighted by Gasteiger charge is -2.15. The zero-order valence-corrected chi connectivity index (χ0v) is 17.4. The Morgan fingerprint density at radius 2 is 1.50 bits per heavy atom. The van der Waals surface area contributed by atoms with Crippen molar-refractivity contribution in [1.82, 2.24) is 19.4 Å². The molecule has 0 radical (unpaired) electrons. The van der Waals surface area contributed by atoms with Crippen LogP contribution in [0, 0.1) is 0 Å². The van der Waals surface area contributed by atoms with Crippen molar-refractivity contribution in [1.29, 1.82) is 0 Å². The Kier molecular flexibility index (Phi) is 5.91. The number of pyridine rings is 1. The molecular weight excluding hydrogens is 372 g/mol. The first-order chi connectivity index (χ1) is 14.6. The van der Waals surface area contributed by atoms with Crippen LogP contribution in [0.4, 0.5) is 0 Å². The zero-order valence-electron chi connectivity index (χ0n) is 17.4. The normalized spacial score (nSPS) is 11.2. The average Bonchev–Trinajstić information content (AvgIpc) is 3.14. The van der Waals surface area contributed by atoms with Gasteiger partial charge < -0.3 is 14.6 Å². The Hall–Kier alpha value is -3.44. The van der Waals surface area contributed by atoms with E-state index in [4.69, 9.17) is 4.98 Å². The van der Waals surface area contributed by atoms with Crippen LogP contribution in [-0.4, -0.2) is 45.2 Å². The standard InChI is InChI=1S/C25H26N4O/c1-28(2)17-10-18-29-24(20-13-7-4-8-14-20)22(19-11-5-3-6-12-19)27-25(29)23-21(30)15-9-16-26-23/h3-9,11-16,30H,10,17-18H2,1-2H3. The largest absolute Gasteiger partial charge is 0.506 e. The fourth-order valence-electron chi connectivity index (χ4n) is 3.65. The lowest BCUT2D eigenvalue weighted by Crippen LogP contribution is -2.16. The highest BCUT2D eigenvalue weighted by atomic mass is 16.3. The van der Waals surface area contributed by atoms with Crippen LogP contribution in [0.2, 0.25) is 0 Å². The SMILES string of the molecule is CN(C)CCCn1c(-c2ncccc2O)nc(-c2ccccc2)c1-c1ccccc1. The molecule has 2 heterocycles. The lowest BCUT2D eigenvalue weighted by atomic mass is 10.0. The molecule has 5 nitrogen and oxygen atoms in total. The van der Waals surface area contributed by atoms with Crippen LogP contribution in [0.1, 0.15) is 6.42 Å². The minimum atomic E-state index is 0.135. The van der Waals surface area contributed by atoms with E-state index in [0.717, 1.165) is 42.0 Å². The number of benzene rings is 2. The van der Waals surface area contributed by atoms with Crippen molar-refractivity contribution < 1.29 is 5.11 Å². The summed E-state index contributed by atoms with van der Waals surface area (Å²) in [5, 5.41) is 10.5. The van der Waals surface area contributed by atoms with Gasteiger partial charge >= 0.3 is 0 Å². The second-order valence-corrected chi connectivity index (χ2v) is 7.54. The summed E-state index contributed by atoms with van der Waals surface area (Å²) in [5.41, 5.74) is 4.57. The fourth-order valence-corrected chi connectivity index (χ4v) is 3.65. The van der Waals surface area contributed by atoms with Crippen molar-refractivity contribution in [2.45, 2.75) is 13.0 Å². The van der Waals surface area contributed by atoms with E-state index in [1.54, 1.807) is 18.3 Å². The molecule has 2 aromatic carbocycles. The van der Waals surface area contributed by atoms with Gasteiger partial charge in [-0.2, -0.15) is 0 Å². The maximum atomic E-state index is 10.5. The minimum Gasteiger partial charge on any atom is -0.506 e. The molecule has 0 bridgehead atoms. The first-order valence-corrected chi connectivity index (χ1v) is 10.2. The Bertz CT molecular complexity index is 1100. The second kappa shape index (κ2) is 8.93. The highest BCUT2D eigenvalue weighted by Gasteiger charge is 2.23. The molecule has 0 unspecified atom stereocenters. The van der Waals surface area contributed by atoms with Gasteiger partial charge in [0.05, 0.1) is 11.4 Å². The quantitative estimate of drug-likeness (QED) is 0.479. The van der Waals surface area contributed by atoms with Gasteiger partial charge in [0.25, 0.3) is 0 Å². The van der Waals surface area contributed by atoms with E-state index in [-0.39, 0.29) is 5.75 Å².